The fourth-order valence-corrected chi connectivity index (χ4v) is 4.40. The molecule has 0 rings (SSSR count). The number of carboxylic acid groups (broad SMARTS) is 1. The smallest absolute Gasteiger partial charge is 0.303 e. The zero-order valence-electron chi connectivity index (χ0n) is 23.9. The molecule has 0 fully saturated rings. The highest BCUT2D eigenvalue weighted by atomic mass is 16.4. The van der Waals surface area contributed by atoms with Crippen molar-refractivity contribution in [1.29, 1.82) is 0 Å². The lowest BCUT2D eigenvalue weighted by Crippen LogP contribution is -1.93. The van der Waals surface area contributed by atoms with Gasteiger partial charge in [-0.2, -0.15) is 0 Å². The van der Waals surface area contributed by atoms with Gasteiger partial charge in [-0.25, -0.2) is 0 Å². The summed E-state index contributed by atoms with van der Waals surface area (Å²) in [6.45, 7) is 2.25. The molecule has 0 bridgehead atoms. The van der Waals surface area contributed by atoms with E-state index in [0.717, 1.165) is 32.1 Å². The molecule has 0 aliphatic heterocycles. The molecule has 0 amide bonds. The van der Waals surface area contributed by atoms with Crippen LogP contribution >= 0.6 is 0 Å². The first kappa shape index (κ1) is 34.4. The summed E-state index contributed by atoms with van der Waals surface area (Å²) in [5.74, 6) is -0.655. The molecule has 0 unspecified atom stereocenters. The van der Waals surface area contributed by atoms with Gasteiger partial charge in [0.15, 0.2) is 0 Å². The molecule has 208 valence electrons. The molecule has 0 radical (unpaired) electrons. The fourth-order valence-electron chi connectivity index (χ4n) is 4.40. The second-order valence-electron chi connectivity index (χ2n) is 10.3. The Morgan fingerprint density at radius 2 is 0.750 bits per heavy atom. The van der Waals surface area contributed by atoms with Crippen LogP contribution in [0.4, 0.5) is 0 Å². The van der Waals surface area contributed by atoms with E-state index in [0.29, 0.717) is 6.42 Å². The third-order valence-electron chi connectivity index (χ3n) is 6.72. The van der Waals surface area contributed by atoms with Gasteiger partial charge in [0, 0.05) is 6.42 Å². The van der Waals surface area contributed by atoms with Crippen molar-refractivity contribution in [3.63, 3.8) is 0 Å². The van der Waals surface area contributed by atoms with E-state index in [2.05, 4.69) is 55.5 Å². The minimum atomic E-state index is -0.655. The minimum Gasteiger partial charge on any atom is -0.481 e. The van der Waals surface area contributed by atoms with Crippen molar-refractivity contribution in [1.82, 2.24) is 0 Å². The van der Waals surface area contributed by atoms with E-state index in [1.165, 1.54) is 116 Å². The van der Waals surface area contributed by atoms with E-state index in [4.69, 9.17) is 5.11 Å². The predicted octanol–water partition coefficient (Wildman–Crippen LogP) is 11.7. The average molecular weight is 501 g/mol. The fraction of sp³-hybridized carbons (Fsp3) is 0.735. The molecule has 0 heterocycles. The van der Waals surface area contributed by atoms with Gasteiger partial charge in [0.1, 0.15) is 0 Å². The Morgan fingerprint density at radius 1 is 0.444 bits per heavy atom. The maximum Gasteiger partial charge on any atom is 0.303 e. The molecule has 0 spiro atoms. The molecular weight excluding hydrogens is 440 g/mol. The van der Waals surface area contributed by atoms with Gasteiger partial charge in [-0.15, -0.1) is 0 Å². The second-order valence-corrected chi connectivity index (χ2v) is 10.3. The topological polar surface area (TPSA) is 37.3 Å². The Bertz CT molecular complexity index is 556. The Hall–Kier alpha value is -1.57. The monoisotopic (exact) mass is 500 g/mol. The van der Waals surface area contributed by atoms with E-state index in [1.54, 1.807) is 0 Å². The van der Waals surface area contributed by atoms with Crippen LogP contribution in [-0.2, 0) is 4.79 Å². The van der Waals surface area contributed by atoms with Crippen molar-refractivity contribution in [2.45, 2.75) is 161 Å². The van der Waals surface area contributed by atoms with E-state index in [1.807, 2.05) is 0 Å². The van der Waals surface area contributed by atoms with Crippen LogP contribution in [0.15, 0.2) is 48.6 Å². The van der Waals surface area contributed by atoms with Gasteiger partial charge in [0.05, 0.1) is 0 Å². The molecule has 0 aromatic heterocycles. The molecule has 2 nitrogen and oxygen atoms in total. The first-order chi connectivity index (χ1) is 17.8. The quantitative estimate of drug-likeness (QED) is 0.0856. The summed E-state index contributed by atoms with van der Waals surface area (Å²) in [6.07, 6.45) is 48.0. The van der Waals surface area contributed by atoms with Crippen LogP contribution in [0, 0.1) is 0 Å². The predicted molar refractivity (Wildman–Crippen MR) is 161 cm³/mol. The third kappa shape index (κ3) is 32.4. The largest absolute Gasteiger partial charge is 0.481 e. The SMILES string of the molecule is CCCCCC=CCC=CCC=CCC=CCCCCCCCCCCCCCCCCCC(=O)O. The number of allylic oxidation sites excluding steroid dienone is 8. The first-order valence-corrected chi connectivity index (χ1v) is 15.6. The summed E-state index contributed by atoms with van der Waals surface area (Å²) in [5.41, 5.74) is 0. The second kappa shape index (κ2) is 31.5. The first-order valence-electron chi connectivity index (χ1n) is 15.6. The van der Waals surface area contributed by atoms with Gasteiger partial charge in [-0.3, -0.25) is 4.79 Å². The number of hydrogen-bond donors (Lipinski definition) is 1. The Morgan fingerprint density at radius 3 is 1.11 bits per heavy atom. The molecule has 1 N–H and O–H groups in total. The Labute approximate surface area is 225 Å². The number of hydrogen-bond acceptors (Lipinski definition) is 1. The van der Waals surface area contributed by atoms with Gasteiger partial charge in [-0.05, 0) is 51.4 Å². The normalized spacial score (nSPS) is 12.2. The van der Waals surface area contributed by atoms with Crippen LogP contribution in [0.25, 0.3) is 0 Å². The van der Waals surface area contributed by atoms with Crippen molar-refractivity contribution in [3.05, 3.63) is 48.6 Å². The van der Waals surface area contributed by atoms with Gasteiger partial charge < -0.3 is 5.11 Å². The van der Waals surface area contributed by atoms with E-state index >= 15 is 0 Å². The van der Waals surface area contributed by atoms with E-state index in [9.17, 15) is 4.79 Å². The molecule has 0 aromatic carbocycles. The average Bonchev–Trinajstić information content (AvgIpc) is 2.87. The molecule has 0 aliphatic rings. The van der Waals surface area contributed by atoms with Crippen LogP contribution < -0.4 is 0 Å². The van der Waals surface area contributed by atoms with E-state index in [-0.39, 0.29) is 0 Å². The molecule has 0 saturated heterocycles. The van der Waals surface area contributed by atoms with Crippen molar-refractivity contribution < 1.29 is 9.90 Å². The van der Waals surface area contributed by atoms with Crippen LogP contribution in [0.1, 0.15) is 161 Å². The van der Waals surface area contributed by atoms with Crippen LogP contribution in [0.3, 0.4) is 0 Å². The van der Waals surface area contributed by atoms with Crippen LogP contribution in [0.2, 0.25) is 0 Å². The summed E-state index contributed by atoms with van der Waals surface area (Å²) < 4.78 is 0. The summed E-state index contributed by atoms with van der Waals surface area (Å²) >= 11 is 0. The van der Waals surface area contributed by atoms with Crippen molar-refractivity contribution in [2.24, 2.45) is 0 Å². The zero-order chi connectivity index (χ0) is 26.2. The lowest BCUT2D eigenvalue weighted by Gasteiger charge is -2.03. The number of rotatable bonds is 28. The highest BCUT2D eigenvalue weighted by Crippen LogP contribution is 2.14. The molecule has 2 heteroatoms. The molecular formula is C34H60O2. The molecule has 36 heavy (non-hydrogen) atoms. The van der Waals surface area contributed by atoms with E-state index < -0.39 is 5.97 Å². The number of carboxylic acids is 1. The van der Waals surface area contributed by atoms with Crippen LogP contribution in [-0.4, -0.2) is 11.1 Å². The maximum atomic E-state index is 10.5. The standard InChI is InChI=1S/C34H60O2/c1-2-3-4-5-6-7-8-9-10-11-12-13-14-15-16-17-18-19-20-21-22-23-24-25-26-27-28-29-30-31-32-33-34(35)36/h6-7,9-10,12-13,15-16H,2-5,8,11,14,17-33H2,1H3,(H,35,36). The van der Waals surface area contributed by atoms with Gasteiger partial charge >= 0.3 is 5.97 Å². The van der Waals surface area contributed by atoms with Crippen LogP contribution in [0.5, 0.6) is 0 Å². The van der Waals surface area contributed by atoms with Crippen molar-refractivity contribution in [2.75, 3.05) is 0 Å². The van der Waals surface area contributed by atoms with Gasteiger partial charge in [0.25, 0.3) is 0 Å². The Kier molecular flexibility index (Phi) is 30.1. The summed E-state index contributed by atoms with van der Waals surface area (Å²) in [6, 6.07) is 0. The summed E-state index contributed by atoms with van der Waals surface area (Å²) in [4.78, 5) is 10.5. The van der Waals surface area contributed by atoms with Gasteiger partial charge in [-0.1, -0.05) is 152 Å². The number of carbonyl (C=O) groups is 1. The number of aliphatic carboxylic acids is 1. The van der Waals surface area contributed by atoms with Gasteiger partial charge in [0.2, 0.25) is 0 Å². The lowest BCUT2D eigenvalue weighted by atomic mass is 10.0. The molecule has 0 atom stereocenters. The molecule has 0 aromatic rings. The van der Waals surface area contributed by atoms with Crippen molar-refractivity contribution >= 4 is 5.97 Å². The highest BCUT2D eigenvalue weighted by Gasteiger charge is 1.97. The summed E-state index contributed by atoms with van der Waals surface area (Å²) in [5, 5.41) is 8.62. The third-order valence-corrected chi connectivity index (χ3v) is 6.72. The van der Waals surface area contributed by atoms with Crippen molar-refractivity contribution in [3.8, 4) is 0 Å². The summed E-state index contributed by atoms with van der Waals surface area (Å²) in [7, 11) is 0. The molecule has 0 aliphatic carbocycles. The maximum absolute atomic E-state index is 10.5. The minimum absolute atomic E-state index is 0.339. The molecule has 0 saturated carbocycles. The highest BCUT2D eigenvalue weighted by molar-refractivity contribution is 5.66. The lowest BCUT2D eigenvalue weighted by molar-refractivity contribution is -0.137. The number of unbranched alkanes of at least 4 members (excludes halogenated alkanes) is 18. The zero-order valence-corrected chi connectivity index (χ0v) is 23.9. The Balaban J connectivity index is 3.23.